The van der Waals surface area contributed by atoms with Crippen LogP contribution in [0.4, 0.5) is 24.7 Å². The zero-order valence-electron chi connectivity index (χ0n) is 21.5. The molecule has 1 aliphatic heterocycles. The molecule has 0 aliphatic carbocycles. The van der Waals surface area contributed by atoms with Crippen LogP contribution in [0.5, 0.6) is 11.6 Å². The fourth-order valence-electron chi connectivity index (χ4n) is 4.39. The summed E-state index contributed by atoms with van der Waals surface area (Å²) >= 11 is 5.89. The molecule has 0 bridgehead atoms. The van der Waals surface area contributed by atoms with Gasteiger partial charge >= 0.3 is 17.3 Å². The van der Waals surface area contributed by atoms with Gasteiger partial charge in [-0.1, -0.05) is 0 Å². The van der Waals surface area contributed by atoms with Crippen molar-refractivity contribution >= 4 is 23.1 Å². The summed E-state index contributed by atoms with van der Waals surface area (Å²) in [7, 11) is 0. The number of aromatic nitrogens is 3. The van der Waals surface area contributed by atoms with Gasteiger partial charge in [0.25, 0.3) is 0 Å². The summed E-state index contributed by atoms with van der Waals surface area (Å²) in [6.07, 6.45) is -0.175. The summed E-state index contributed by atoms with van der Waals surface area (Å²) < 4.78 is 50.5. The van der Waals surface area contributed by atoms with Crippen molar-refractivity contribution in [2.75, 3.05) is 31.2 Å². The Hall–Kier alpha value is -3.58. The number of nitrogens with zero attached hydrogens (tertiary/aromatic N) is 5. The van der Waals surface area contributed by atoms with Crippen molar-refractivity contribution in [1.82, 2.24) is 14.5 Å². The van der Waals surface area contributed by atoms with Gasteiger partial charge < -0.3 is 29.6 Å². The van der Waals surface area contributed by atoms with Crippen LogP contribution in [-0.2, 0) is 12.7 Å². The highest BCUT2D eigenvalue weighted by Crippen LogP contribution is 2.30. The minimum atomic E-state index is -4.41. The van der Waals surface area contributed by atoms with E-state index in [-0.39, 0.29) is 36.6 Å². The zero-order chi connectivity index (χ0) is 28.7. The standard InChI is InChI=1S/C26H29ClF3N5O5/c27-25-32-23(35(37)38)16-34(25)13-9-21(36)17-40-22-4-2-20(3-5-22)33-11-7-18(8-12-33)10-14-39-24-6-1-19(15-31-24)26(28,29)30/h1-6,15-16,18,21,36H,7-14,17H2/t21-/m1/s1. The summed E-state index contributed by atoms with van der Waals surface area (Å²) in [5.41, 5.74) is 0.265. The third-order valence-electron chi connectivity index (χ3n) is 6.70. The van der Waals surface area contributed by atoms with Gasteiger partial charge in [-0.15, -0.1) is 0 Å². The van der Waals surface area contributed by atoms with Gasteiger partial charge in [0.1, 0.15) is 18.6 Å². The van der Waals surface area contributed by atoms with Crippen LogP contribution in [0, 0.1) is 16.0 Å². The lowest BCUT2D eigenvalue weighted by Crippen LogP contribution is -2.34. The van der Waals surface area contributed by atoms with E-state index in [1.807, 2.05) is 24.3 Å². The average Bonchev–Trinajstić information content (AvgIpc) is 3.32. The van der Waals surface area contributed by atoms with E-state index in [0.29, 0.717) is 18.3 Å². The van der Waals surface area contributed by atoms with Gasteiger partial charge in [0.05, 0.1) is 18.3 Å². The van der Waals surface area contributed by atoms with Crippen LogP contribution in [0.1, 0.15) is 31.2 Å². The minimum Gasteiger partial charge on any atom is -0.491 e. The number of aliphatic hydroxyl groups excluding tert-OH is 1. The first-order valence-electron chi connectivity index (χ1n) is 12.8. The van der Waals surface area contributed by atoms with Crippen molar-refractivity contribution in [3.63, 3.8) is 0 Å². The first kappa shape index (κ1) is 29.4. The Labute approximate surface area is 233 Å². The molecule has 216 valence electrons. The first-order chi connectivity index (χ1) is 19.1. The molecule has 0 spiro atoms. The lowest BCUT2D eigenvalue weighted by atomic mass is 9.93. The SMILES string of the molecule is O=[N+]([O-])c1cn(CC[C@@H](O)COc2ccc(N3CCC(CCOc4ccc(C(F)(F)F)cn4)CC3)cc2)c(Cl)n1. The average molecular weight is 584 g/mol. The second-order valence-corrected chi connectivity index (χ2v) is 9.85. The first-order valence-corrected chi connectivity index (χ1v) is 13.2. The highest BCUT2D eigenvalue weighted by Gasteiger charge is 2.30. The maximum atomic E-state index is 12.6. The lowest BCUT2D eigenvalue weighted by Gasteiger charge is -2.33. The van der Waals surface area contributed by atoms with Gasteiger partial charge in [-0.2, -0.15) is 13.2 Å². The fraction of sp³-hybridized carbons (Fsp3) is 0.462. The number of aliphatic hydroxyl groups is 1. The predicted molar refractivity (Wildman–Crippen MR) is 141 cm³/mol. The number of nitro groups is 1. The number of alkyl halides is 3. The number of pyridine rings is 1. The number of hydrogen-bond acceptors (Lipinski definition) is 8. The molecular formula is C26H29ClF3N5O5. The lowest BCUT2D eigenvalue weighted by molar-refractivity contribution is -0.389. The molecule has 0 amide bonds. The molecule has 0 saturated carbocycles. The van der Waals surface area contributed by atoms with Crippen LogP contribution in [0.15, 0.2) is 48.8 Å². The summed E-state index contributed by atoms with van der Waals surface area (Å²) in [5.74, 6) is 0.915. The molecule has 40 heavy (non-hydrogen) atoms. The third kappa shape index (κ3) is 8.21. The Morgan fingerprint density at radius 2 is 1.88 bits per heavy atom. The highest BCUT2D eigenvalue weighted by atomic mass is 35.5. The Morgan fingerprint density at radius 3 is 2.48 bits per heavy atom. The predicted octanol–water partition coefficient (Wildman–Crippen LogP) is 5.37. The normalized spacial score (nSPS) is 15.2. The zero-order valence-corrected chi connectivity index (χ0v) is 22.2. The summed E-state index contributed by atoms with van der Waals surface area (Å²) in [4.78, 5) is 19.8. The number of halogens is 4. The van der Waals surface area contributed by atoms with Gasteiger partial charge in [0, 0.05) is 37.6 Å². The van der Waals surface area contributed by atoms with E-state index < -0.39 is 22.8 Å². The van der Waals surface area contributed by atoms with Crippen molar-refractivity contribution < 1.29 is 32.7 Å². The number of rotatable bonds is 12. The Morgan fingerprint density at radius 1 is 1.15 bits per heavy atom. The van der Waals surface area contributed by atoms with E-state index in [1.165, 1.54) is 16.8 Å². The van der Waals surface area contributed by atoms with Crippen LogP contribution >= 0.6 is 11.6 Å². The van der Waals surface area contributed by atoms with E-state index in [9.17, 15) is 28.4 Å². The van der Waals surface area contributed by atoms with Crippen molar-refractivity contribution in [2.45, 2.75) is 44.5 Å². The van der Waals surface area contributed by atoms with E-state index in [2.05, 4.69) is 14.9 Å². The van der Waals surface area contributed by atoms with Crippen molar-refractivity contribution in [3.8, 4) is 11.6 Å². The second kappa shape index (κ2) is 13.2. The molecule has 3 aromatic rings. The largest absolute Gasteiger partial charge is 0.491 e. The number of aryl methyl sites for hydroxylation is 1. The number of benzene rings is 1. The van der Waals surface area contributed by atoms with Crippen LogP contribution in [0.3, 0.4) is 0 Å². The quantitative estimate of drug-likeness (QED) is 0.223. The maximum absolute atomic E-state index is 12.6. The van der Waals surface area contributed by atoms with E-state index in [1.54, 1.807) is 0 Å². The molecular weight excluding hydrogens is 555 g/mol. The van der Waals surface area contributed by atoms with Crippen molar-refractivity contribution in [1.29, 1.82) is 0 Å². The molecule has 1 N–H and O–H groups in total. The Kier molecular flexibility index (Phi) is 9.69. The molecule has 3 heterocycles. The van der Waals surface area contributed by atoms with E-state index >= 15 is 0 Å². The number of hydrogen-bond donors (Lipinski definition) is 1. The number of ether oxygens (including phenoxy) is 2. The van der Waals surface area contributed by atoms with E-state index in [4.69, 9.17) is 21.1 Å². The van der Waals surface area contributed by atoms with Gasteiger partial charge in [0.15, 0.2) is 0 Å². The fourth-order valence-corrected chi connectivity index (χ4v) is 4.61. The molecule has 1 aliphatic rings. The summed E-state index contributed by atoms with van der Waals surface area (Å²) in [6.45, 7) is 2.46. The molecule has 1 saturated heterocycles. The Balaban J connectivity index is 1.14. The molecule has 0 radical (unpaired) electrons. The molecule has 0 unspecified atom stereocenters. The molecule has 2 aromatic heterocycles. The monoisotopic (exact) mass is 583 g/mol. The molecule has 1 aromatic carbocycles. The van der Waals surface area contributed by atoms with Crippen molar-refractivity contribution in [2.24, 2.45) is 5.92 Å². The molecule has 14 heteroatoms. The van der Waals surface area contributed by atoms with Crippen LogP contribution in [0.25, 0.3) is 0 Å². The van der Waals surface area contributed by atoms with Crippen molar-refractivity contribution in [3.05, 3.63) is 69.8 Å². The van der Waals surface area contributed by atoms with Gasteiger partial charge in [-0.05, 0) is 83.4 Å². The minimum absolute atomic E-state index is 0.0109. The smallest absolute Gasteiger partial charge is 0.417 e. The molecule has 4 rings (SSSR count). The summed E-state index contributed by atoms with van der Waals surface area (Å²) in [6, 6.07) is 9.82. The number of piperidine rings is 1. The number of imidazole rings is 1. The molecule has 1 fully saturated rings. The van der Waals surface area contributed by atoms with Crippen LogP contribution in [0.2, 0.25) is 5.28 Å². The Bertz CT molecular complexity index is 1250. The number of anilines is 1. The molecule has 1 atom stereocenters. The van der Waals surface area contributed by atoms with Gasteiger partial charge in [-0.25, -0.2) is 4.98 Å². The van der Waals surface area contributed by atoms with Crippen LogP contribution < -0.4 is 14.4 Å². The van der Waals surface area contributed by atoms with E-state index in [0.717, 1.165) is 50.3 Å². The maximum Gasteiger partial charge on any atom is 0.417 e. The van der Waals surface area contributed by atoms with Crippen LogP contribution in [-0.4, -0.2) is 57.0 Å². The highest BCUT2D eigenvalue weighted by molar-refractivity contribution is 6.28. The van der Waals surface area contributed by atoms with Gasteiger partial charge in [-0.3, -0.25) is 4.57 Å². The summed E-state index contributed by atoms with van der Waals surface area (Å²) in [5, 5.41) is 21.0. The topological polar surface area (TPSA) is 116 Å². The second-order valence-electron chi connectivity index (χ2n) is 9.52. The third-order valence-corrected chi connectivity index (χ3v) is 7.01. The van der Waals surface area contributed by atoms with Gasteiger partial charge in [0.2, 0.25) is 5.88 Å². The molecule has 10 nitrogen and oxygen atoms in total.